The fourth-order valence-corrected chi connectivity index (χ4v) is 2.98. The van der Waals surface area contributed by atoms with Crippen molar-refractivity contribution in [1.29, 1.82) is 0 Å². The van der Waals surface area contributed by atoms with E-state index < -0.39 is 0 Å². The molecule has 0 aromatic heterocycles. The van der Waals surface area contributed by atoms with E-state index in [-0.39, 0.29) is 24.6 Å². The Morgan fingerprint density at radius 1 is 1.22 bits per heavy atom. The van der Waals surface area contributed by atoms with Crippen LogP contribution in [0.5, 0.6) is 0 Å². The summed E-state index contributed by atoms with van der Waals surface area (Å²) in [7, 11) is 0. The standard InChI is InChI=1S/C17H26ClN3O2/c1-13(15-3-5-16(18)6-4-15)19-17(23)14(2)21-9-7-20(8-10-21)11-12-22/h3-6,13-14,22H,7-12H2,1-2H3,(H,19,23)/t13-,14-/m1/s1. The van der Waals surface area contributed by atoms with Gasteiger partial charge in [-0.3, -0.25) is 14.6 Å². The van der Waals surface area contributed by atoms with Crippen LogP contribution in [0.15, 0.2) is 24.3 Å². The van der Waals surface area contributed by atoms with Crippen molar-refractivity contribution < 1.29 is 9.90 Å². The highest BCUT2D eigenvalue weighted by Gasteiger charge is 2.26. The summed E-state index contributed by atoms with van der Waals surface area (Å²) in [6.45, 7) is 8.32. The van der Waals surface area contributed by atoms with Gasteiger partial charge in [-0.25, -0.2) is 0 Å². The van der Waals surface area contributed by atoms with E-state index in [1.54, 1.807) is 0 Å². The highest BCUT2D eigenvalue weighted by atomic mass is 35.5. The molecule has 2 N–H and O–H groups in total. The van der Waals surface area contributed by atoms with Crippen molar-refractivity contribution in [2.45, 2.75) is 25.9 Å². The molecule has 1 heterocycles. The number of benzene rings is 1. The smallest absolute Gasteiger partial charge is 0.237 e. The van der Waals surface area contributed by atoms with E-state index in [9.17, 15) is 4.79 Å². The number of hydrogen-bond donors (Lipinski definition) is 2. The van der Waals surface area contributed by atoms with E-state index in [0.717, 1.165) is 31.7 Å². The van der Waals surface area contributed by atoms with Gasteiger partial charge in [0.2, 0.25) is 5.91 Å². The van der Waals surface area contributed by atoms with Crippen LogP contribution in [0.4, 0.5) is 0 Å². The SMILES string of the molecule is C[C@H](C(=O)N[C@H](C)c1ccc(Cl)cc1)N1CCN(CCO)CC1. The van der Waals surface area contributed by atoms with E-state index in [1.165, 1.54) is 0 Å². The quantitative estimate of drug-likeness (QED) is 0.825. The minimum Gasteiger partial charge on any atom is -0.395 e. The van der Waals surface area contributed by atoms with E-state index >= 15 is 0 Å². The molecular formula is C17H26ClN3O2. The Balaban J connectivity index is 1.84. The Hall–Kier alpha value is -1.14. The van der Waals surface area contributed by atoms with Crippen LogP contribution in [0.3, 0.4) is 0 Å². The van der Waals surface area contributed by atoms with Crippen LogP contribution in [-0.4, -0.2) is 66.2 Å². The van der Waals surface area contributed by atoms with E-state index in [2.05, 4.69) is 15.1 Å². The number of aliphatic hydroxyl groups excluding tert-OH is 1. The Kier molecular flexibility index (Phi) is 6.84. The molecule has 0 unspecified atom stereocenters. The van der Waals surface area contributed by atoms with Gasteiger partial charge in [-0.15, -0.1) is 0 Å². The molecule has 0 spiro atoms. The lowest BCUT2D eigenvalue weighted by Crippen LogP contribution is -2.54. The molecule has 6 heteroatoms. The van der Waals surface area contributed by atoms with Crippen LogP contribution in [0, 0.1) is 0 Å². The molecule has 1 aromatic carbocycles. The van der Waals surface area contributed by atoms with Crippen molar-refractivity contribution >= 4 is 17.5 Å². The largest absolute Gasteiger partial charge is 0.395 e. The molecule has 2 rings (SSSR count). The zero-order valence-electron chi connectivity index (χ0n) is 13.8. The lowest BCUT2D eigenvalue weighted by atomic mass is 10.1. The molecule has 1 saturated heterocycles. The van der Waals surface area contributed by atoms with Crippen LogP contribution in [0.1, 0.15) is 25.5 Å². The first kappa shape index (κ1) is 18.2. The number of piperazine rings is 1. The number of amides is 1. The number of nitrogens with one attached hydrogen (secondary N) is 1. The monoisotopic (exact) mass is 339 g/mol. The third kappa shape index (κ3) is 5.18. The van der Waals surface area contributed by atoms with Crippen LogP contribution in [-0.2, 0) is 4.79 Å². The average Bonchev–Trinajstić information content (AvgIpc) is 2.55. The van der Waals surface area contributed by atoms with Gasteiger partial charge in [0.05, 0.1) is 18.7 Å². The highest BCUT2D eigenvalue weighted by molar-refractivity contribution is 6.30. The molecule has 1 aliphatic rings. The number of carbonyl (C=O) groups is 1. The van der Waals surface area contributed by atoms with Crippen molar-refractivity contribution in [1.82, 2.24) is 15.1 Å². The lowest BCUT2D eigenvalue weighted by molar-refractivity contribution is -0.127. The molecule has 0 bridgehead atoms. The number of halogens is 1. The average molecular weight is 340 g/mol. The summed E-state index contributed by atoms with van der Waals surface area (Å²) in [4.78, 5) is 16.9. The van der Waals surface area contributed by atoms with Crippen molar-refractivity contribution in [3.63, 3.8) is 0 Å². The molecule has 1 fully saturated rings. The second kappa shape index (κ2) is 8.64. The summed E-state index contributed by atoms with van der Waals surface area (Å²) < 4.78 is 0. The third-order valence-electron chi connectivity index (χ3n) is 4.48. The van der Waals surface area contributed by atoms with Gasteiger partial charge in [0.15, 0.2) is 0 Å². The minimum absolute atomic E-state index is 0.0436. The molecular weight excluding hydrogens is 314 g/mol. The van der Waals surface area contributed by atoms with Gasteiger partial charge in [0.25, 0.3) is 0 Å². The Morgan fingerprint density at radius 2 is 1.83 bits per heavy atom. The molecule has 5 nitrogen and oxygen atoms in total. The predicted molar refractivity (Wildman–Crippen MR) is 92.6 cm³/mol. The molecule has 0 aliphatic carbocycles. The van der Waals surface area contributed by atoms with Gasteiger partial charge in [-0.1, -0.05) is 23.7 Å². The summed E-state index contributed by atoms with van der Waals surface area (Å²) in [6.07, 6.45) is 0. The highest BCUT2D eigenvalue weighted by Crippen LogP contribution is 2.16. The van der Waals surface area contributed by atoms with E-state index in [0.29, 0.717) is 11.6 Å². The van der Waals surface area contributed by atoms with Crippen LogP contribution >= 0.6 is 11.6 Å². The van der Waals surface area contributed by atoms with E-state index in [1.807, 2.05) is 38.1 Å². The Morgan fingerprint density at radius 3 is 2.39 bits per heavy atom. The van der Waals surface area contributed by atoms with Crippen LogP contribution in [0.2, 0.25) is 5.02 Å². The topological polar surface area (TPSA) is 55.8 Å². The number of aliphatic hydroxyl groups is 1. The molecule has 1 aliphatic heterocycles. The summed E-state index contributed by atoms with van der Waals surface area (Å²) in [5.74, 6) is 0.0445. The molecule has 1 aromatic rings. The van der Waals surface area contributed by atoms with Crippen molar-refractivity contribution in [2.24, 2.45) is 0 Å². The third-order valence-corrected chi connectivity index (χ3v) is 4.73. The fourth-order valence-electron chi connectivity index (χ4n) is 2.85. The first-order valence-corrected chi connectivity index (χ1v) is 8.52. The summed E-state index contributed by atoms with van der Waals surface area (Å²) in [6, 6.07) is 7.35. The number of rotatable bonds is 6. The molecule has 0 saturated carbocycles. The van der Waals surface area contributed by atoms with Gasteiger partial charge in [-0.05, 0) is 31.5 Å². The number of β-amino-alcohol motifs (C(OH)–C–C–N with tert-alkyl or cyclic N) is 1. The second-order valence-corrected chi connectivity index (χ2v) is 6.50. The van der Waals surface area contributed by atoms with Gasteiger partial charge in [0.1, 0.15) is 0 Å². The Labute approximate surface area is 143 Å². The molecule has 1 amide bonds. The van der Waals surface area contributed by atoms with Gasteiger partial charge >= 0.3 is 0 Å². The number of carbonyl (C=O) groups excluding carboxylic acids is 1. The van der Waals surface area contributed by atoms with Gasteiger partial charge in [0, 0.05) is 37.7 Å². The van der Waals surface area contributed by atoms with Crippen molar-refractivity contribution in [2.75, 3.05) is 39.3 Å². The lowest BCUT2D eigenvalue weighted by Gasteiger charge is -2.37. The zero-order valence-corrected chi connectivity index (χ0v) is 14.6. The van der Waals surface area contributed by atoms with Crippen LogP contribution in [0.25, 0.3) is 0 Å². The van der Waals surface area contributed by atoms with Gasteiger partial charge < -0.3 is 10.4 Å². The normalized spacial score (nSPS) is 19.3. The number of nitrogens with zero attached hydrogens (tertiary/aromatic N) is 2. The minimum atomic E-state index is -0.152. The van der Waals surface area contributed by atoms with Crippen LogP contribution < -0.4 is 5.32 Å². The van der Waals surface area contributed by atoms with E-state index in [4.69, 9.17) is 16.7 Å². The van der Waals surface area contributed by atoms with Crippen molar-refractivity contribution in [3.8, 4) is 0 Å². The summed E-state index contributed by atoms with van der Waals surface area (Å²) >= 11 is 5.89. The van der Waals surface area contributed by atoms with Crippen molar-refractivity contribution in [3.05, 3.63) is 34.9 Å². The molecule has 23 heavy (non-hydrogen) atoms. The maximum atomic E-state index is 12.5. The predicted octanol–water partition coefficient (Wildman–Crippen LogP) is 1.52. The summed E-state index contributed by atoms with van der Waals surface area (Å²) in [5, 5.41) is 12.7. The Bertz CT molecular complexity index is 501. The fraction of sp³-hybridized carbons (Fsp3) is 0.588. The zero-order chi connectivity index (χ0) is 16.8. The molecule has 2 atom stereocenters. The van der Waals surface area contributed by atoms with Gasteiger partial charge in [-0.2, -0.15) is 0 Å². The maximum absolute atomic E-state index is 12.5. The molecule has 0 radical (unpaired) electrons. The second-order valence-electron chi connectivity index (χ2n) is 6.06. The number of hydrogen-bond acceptors (Lipinski definition) is 4. The first-order valence-electron chi connectivity index (χ1n) is 8.14. The molecule has 128 valence electrons. The first-order chi connectivity index (χ1) is 11.0. The summed E-state index contributed by atoms with van der Waals surface area (Å²) in [5.41, 5.74) is 1.04. The maximum Gasteiger partial charge on any atom is 0.237 e.